The molecule has 0 aliphatic carbocycles. The highest BCUT2D eigenvalue weighted by atomic mass is 16.6. The van der Waals surface area contributed by atoms with Gasteiger partial charge in [0.15, 0.2) is 0 Å². The third-order valence-electron chi connectivity index (χ3n) is 3.30. The van der Waals surface area contributed by atoms with Crippen LogP contribution in [0.15, 0.2) is 0 Å². The number of amides is 2. The number of nitrogens with zero attached hydrogens (tertiary/aromatic N) is 1. The van der Waals surface area contributed by atoms with Gasteiger partial charge in [-0.15, -0.1) is 0 Å². The molecule has 0 bridgehead atoms. The van der Waals surface area contributed by atoms with E-state index in [1.807, 2.05) is 0 Å². The van der Waals surface area contributed by atoms with E-state index >= 15 is 0 Å². The fourth-order valence-electron chi connectivity index (χ4n) is 2.11. The van der Waals surface area contributed by atoms with Gasteiger partial charge in [0.25, 0.3) is 5.91 Å². The molecule has 2 heterocycles. The van der Waals surface area contributed by atoms with Crippen molar-refractivity contribution in [1.82, 2.24) is 4.90 Å². The van der Waals surface area contributed by atoms with E-state index in [1.165, 1.54) is 7.05 Å². The number of aliphatic hydroxyl groups excluding tert-OH is 4. The van der Waals surface area contributed by atoms with Crippen LogP contribution in [0.2, 0.25) is 0 Å². The third kappa shape index (κ3) is 2.19. The van der Waals surface area contributed by atoms with Gasteiger partial charge in [0.1, 0.15) is 30.5 Å². The van der Waals surface area contributed by atoms with Crippen molar-refractivity contribution in [2.75, 3.05) is 13.7 Å². The molecule has 9 heteroatoms. The molecule has 0 saturated carbocycles. The largest absolute Gasteiger partial charge is 0.433 e. The van der Waals surface area contributed by atoms with E-state index in [0.29, 0.717) is 4.90 Å². The Morgan fingerprint density at radius 1 is 1.16 bits per heavy atom. The highest BCUT2D eigenvalue weighted by Crippen LogP contribution is 2.27. The van der Waals surface area contributed by atoms with E-state index in [1.54, 1.807) is 0 Å². The van der Waals surface area contributed by atoms with Crippen molar-refractivity contribution in [2.45, 2.75) is 36.6 Å². The molecular weight excluding hydrogens is 262 g/mol. The van der Waals surface area contributed by atoms with Gasteiger partial charge in [-0.3, -0.25) is 4.79 Å². The Balaban J connectivity index is 2.20. The maximum Gasteiger partial charge on any atom is 0.417 e. The van der Waals surface area contributed by atoms with Crippen LogP contribution >= 0.6 is 0 Å². The van der Waals surface area contributed by atoms with Crippen LogP contribution in [0.3, 0.4) is 0 Å². The minimum Gasteiger partial charge on any atom is -0.433 e. The number of aliphatic hydroxyl groups is 4. The molecule has 0 aromatic carbocycles. The number of carbonyl (C=O) groups is 2. The van der Waals surface area contributed by atoms with Crippen molar-refractivity contribution < 1.29 is 39.5 Å². The number of likely N-dealkylation sites (N-methyl/N-ethyl adjacent to an activating group) is 1. The van der Waals surface area contributed by atoms with Crippen LogP contribution in [0, 0.1) is 0 Å². The maximum absolute atomic E-state index is 11.7. The second kappa shape index (κ2) is 5.02. The fourth-order valence-corrected chi connectivity index (χ4v) is 2.11. The van der Waals surface area contributed by atoms with Crippen LogP contribution in [-0.2, 0) is 14.3 Å². The van der Waals surface area contributed by atoms with Crippen molar-refractivity contribution in [3.63, 3.8) is 0 Å². The summed E-state index contributed by atoms with van der Waals surface area (Å²) in [6.07, 6.45) is -9.58. The Morgan fingerprint density at radius 3 is 2.26 bits per heavy atom. The molecule has 2 aliphatic heterocycles. The minimum absolute atomic E-state index is 0.619. The van der Waals surface area contributed by atoms with Crippen molar-refractivity contribution in [1.29, 1.82) is 0 Å². The van der Waals surface area contributed by atoms with Crippen molar-refractivity contribution in [3.8, 4) is 0 Å². The molecule has 4 N–H and O–H groups in total. The molecule has 108 valence electrons. The van der Waals surface area contributed by atoms with Crippen LogP contribution in [-0.4, -0.2) is 87.6 Å². The molecule has 0 aromatic heterocycles. The smallest absolute Gasteiger partial charge is 0.417 e. The summed E-state index contributed by atoms with van der Waals surface area (Å²) in [7, 11) is 1.20. The van der Waals surface area contributed by atoms with E-state index < -0.39 is 55.2 Å². The van der Waals surface area contributed by atoms with Gasteiger partial charge in [0.2, 0.25) is 6.10 Å². The molecule has 0 radical (unpaired) electrons. The molecular formula is C10H15NO8. The number of cyclic esters (lactones) is 1. The number of carbonyl (C=O) groups excluding carboxylic acids is 2. The first-order valence-corrected chi connectivity index (χ1v) is 5.67. The monoisotopic (exact) mass is 277 g/mol. The highest BCUT2D eigenvalue weighted by molar-refractivity contribution is 6.00. The summed E-state index contributed by atoms with van der Waals surface area (Å²) in [5, 5.41) is 38.0. The summed E-state index contributed by atoms with van der Waals surface area (Å²) in [5.74, 6) is -0.727. The summed E-state index contributed by atoms with van der Waals surface area (Å²) in [6.45, 7) is -0.619. The normalized spacial score (nSPS) is 43.5. The van der Waals surface area contributed by atoms with E-state index in [4.69, 9.17) is 14.6 Å². The number of ether oxygens (including phenoxy) is 2. The first-order valence-electron chi connectivity index (χ1n) is 5.67. The minimum atomic E-state index is -1.62. The lowest BCUT2D eigenvalue weighted by Gasteiger charge is -2.40. The maximum atomic E-state index is 11.7. The Bertz CT molecular complexity index is 386. The van der Waals surface area contributed by atoms with Crippen molar-refractivity contribution in [3.05, 3.63) is 0 Å². The van der Waals surface area contributed by atoms with Gasteiger partial charge in [-0.1, -0.05) is 0 Å². The number of hydrogen-bond donors (Lipinski definition) is 4. The summed E-state index contributed by atoms with van der Waals surface area (Å²) in [6, 6.07) is 0. The molecule has 2 saturated heterocycles. The fraction of sp³-hybridized carbons (Fsp3) is 0.800. The first-order chi connectivity index (χ1) is 8.88. The molecule has 2 rings (SSSR count). The molecule has 2 aliphatic rings. The van der Waals surface area contributed by atoms with Gasteiger partial charge in [0, 0.05) is 7.05 Å². The van der Waals surface area contributed by atoms with Crippen molar-refractivity contribution in [2.24, 2.45) is 0 Å². The summed E-state index contributed by atoms with van der Waals surface area (Å²) >= 11 is 0. The average molecular weight is 277 g/mol. The molecule has 3 unspecified atom stereocenters. The Morgan fingerprint density at radius 2 is 1.79 bits per heavy atom. The predicted octanol–water partition coefficient (Wildman–Crippen LogP) is -3.19. The summed E-state index contributed by atoms with van der Waals surface area (Å²) < 4.78 is 9.90. The SMILES string of the molecule is CN1C(=O)OC(C2OC(CO)[C@@H](O)[C@H](O)[C@H]2O)C1=O. The lowest BCUT2D eigenvalue weighted by molar-refractivity contribution is -0.244. The van der Waals surface area contributed by atoms with Crippen LogP contribution in [0.1, 0.15) is 0 Å². The quantitative estimate of drug-likeness (QED) is 0.414. The second-order valence-electron chi connectivity index (χ2n) is 4.50. The standard InChI is InChI=1S/C10H15NO8/c1-11-9(16)8(19-10(11)17)7-6(15)5(14)4(13)3(2-12)18-7/h3-8,12-15H,2H2,1H3/t3?,4-,5+,6-,7?,8?/m1/s1. The van der Waals surface area contributed by atoms with Crippen LogP contribution in [0.4, 0.5) is 4.79 Å². The lowest BCUT2D eigenvalue weighted by atomic mass is 9.92. The molecule has 0 spiro atoms. The zero-order valence-electron chi connectivity index (χ0n) is 10.0. The van der Waals surface area contributed by atoms with E-state index in [9.17, 15) is 24.9 Å². The molecule has 6 atom stereocenters. The van der Waals surface area contributed by atoms with Gasteiger partial charge in [-0.05, 0) is 0 Å². The Labute approximate surface area is 107 Å². The predicted molar refractivity (Wildman–Crippen MR) is 56.8 cm³/mol. The van der Waals surface area contributed by atoms with Gasteiger partial charge >= 0.3 is 6.09 Å². The van der Waals surface area contributed by atoms with Gasteiger partial charge in [-0.2, -0.15) is 0 Å². The van der Waals surface area contributed by atoms with E-state index in [0.717, 1.165) is 0 Å². The van der Waals surface area contributed by atoms with Crippen molar-refractivity contribution >= 4 is 12.0 Å². The molecule has 19 heavy (non-hydrogen) atoms. The van der Waals surface area contributed by atoms with E-state index in [2.05, 4.69) is 0 Å². The Hall–Kier alpha value is -1.26. The lowest BCUT2D eigenvalue weighted by Crippen LogP contribution is -2.62. The van der Waals surface area contributed by atoms with Gasteiger partial charge in [-0.25, -0.2) is 9.69 Å². The van der Waals surface area contributed by atoms with Gasteiger partial charge in [0.05, 0.1) is 6.61 Å². The van der Waals surface area contributed by atoms with Crippen LogP contribution in [0.25, 0.3) is 0 Å². The average Bonchev–Trinajstić information content (AvgIpc) is 2.64. The number of imide groups is 1. The zero-order valence-corrected chi connectivity index (χ0v) is 10.0. The van der Waals surface area contributed by atoms with Crippen LogP contribution in [0.5, 0.6) is 0 Å². The summed E-state index contributed by atoms with van der Waals surface area (Å²) in [4.78, 5) is 23.7. The third-order valence-corrected chi connectivity index (χ3v) is 3.30. The zero-order chi connectivity index (χ0) is 14.3. The number of rotatable bonds is 2. The Kier molecular flexibility index (Phi) is 3.74. The van der Waals surface area contributed by atoms with Crippen LogP contribution < -0.4 is 0 Å². The molecule has 2 amide bonds. The molecule has 0 aromatic rings. The highest BCUT2D eigenvalue weighted by Gasteiger charge is 2.53. The topological polar surface area (TPSA) is 137 Å². The first kappa shape index (κ1) is 14.2. The second-order valence-corrected chi connectivity index (χ2v) is 4.50. The molecule has 9 nitrogen and oxygen atoms in total. The molecule has 2 fully saturated rings. The summed E-state index contributed by atoms with van der Waals surface area (Å²) in [5.41, 5.74) is 0. The number of hydrogen-bond acceptors (Lipinski definition) is 8. The van der Waals surface area contributed by atoms with Gasteiger partial charge < -0.3 is 29.9 Å². The van der Waals surface area contributed by atoms with E-state index in [-0.39, 0.29) is 0 Å².